The minimum absolute atomic E-state index is 0.103. The Kier molecular flexibility index (Phi) is 8.93. The number of likely N-dealkylation sites (tertiary alicyclic amines) is 1. The van der Waals surface area contributed by atoms with Gasteiger partial charge in [-0.1, -0.05) is 33.6 Å². The summed E-state index contributed by atoms with van der Waals surface area (Å²) in [6.07, 6.45) is 7.34. The van der Waals surface area contributed by atoms with E-state index < -0.39 is 0 Å². The number of nitrogens with one attached hydrogen (secondary N) is 1. The highest BCUT2D eigenvalue weighted by Gasteiger charge is 2.24. The van der Waals surface area contributed by atoms with Crippen LogP contribution in [0.1, 0.15) is 66.2 Å². The van der Waals surface area contributed by atoms with Crippen molar-refractivity contribution in [1.29, 1.82) is 0 Å². The lowest BCUT2D eigenvalue weighted by molar-refractivity contribution is -0.146. The molecule has 1 rings (SSSR count). The van der Waals surface area contributed by atoms with Gasteiger partial charge in [0.05, 0.1) is 6.61 Å². The van der Waals surface area contributed by atoms with Gasteiger partial charge in [-0.2, -0.15) is 0 Å². The van der Waals surface area contributed by atoms with E-state index >= 15 is 0 Å². The number of carbonyl (C=O) groups is 1. The van der Waals surface area contributed by atoms with Gasteiger partial charge in [0.15, 0.2) is 0 Å². The van der Waals surface area contributed by atoms with Gasteiger partial charge in [0.1, 0.15) is 6.04 Å². The summed E-state index contributed by atoms with van der Waals surface area (Å²) in [5.41, 5.74) is 0. The monoisotopic (exact) mass is 298 g/mol. The molecule has 4 heteroatoms. The summed E-state index contributed by atoms with van der Waals surface area (Å²) in [7, 11) is 0. The van der Waals surface area contributed by atoms with Gasteiger partial charge in [-0.15, -0.1) is 0 Å². The van der Waals surface area contributed by atoms with Crippen molar-refractivity contribution >= 4 is 5.97 Å². The molecule has 1 fully saturated rings. The second kappa shape index (κ2) is 10.2. The molecular weight excluding hydrogens is 264 g/mol. The van der Waals surface area contributed by atoms with Crippen LogP contribution in [0.5, 0.6) is 0 Å². The lowest BCUT2D eigenvalue weighted by atomic mass is 10.1. The molecule has 1 N–H and O–H groups in total. The Morgan fingerprint density at radius 2 is 2.05 bits per heavy atom. The molecular formula is C17H34N2O2. The van der Waals surface area contributed by atoms with Crippen LogP contribution in [0.4, 0.5) is 0 Å². The van der Waals surface area contributed by atoms with Gasteiger partial charge in [-0.05, 0) is 39.2 Å². The number of hydrogen-bond donors (Lipinski definition) is 1. The summed E-state index contributed by atoms with van der Waals surface area (Å²) < 4.78 is 5.20. The van der Waals surface area contributed by atoms with Gasteiger partial charge in [-0.25, -0.2) is 0 Å². The van der Waals surface area contributed by atoms with Crippen LogP contribution in [-0.4, -0.2) is 48.7 Å². The molecule has 21 heavy (non-hydrogen) atoms. The molecule has 4 nitrogen and oxygen atoms in total. The van der Waals surface area contributed by atoms with Gasteiger partial charge in [0, 0.05) is 18.6 Å². The third-order valence-corrected chi connectivity index (χ3v) is 4.28. The van der Waals surface area contributed by atoms with Crippen molar-refractivity contribution in [2.24, 2.45) is 0 Å². The van der Waals surface area contributed by atoms with Crippen LogP contribution in [0.2, 0.25) is 0 Å². The summed E-state index contributed by atoms with van der Waals surface area (Å²) in [5, 5.41) is 3.35. The molecule has 1 aliphatic rings. The van der Waals surface area contributed by atoms with Crippen LogP contribution in [0.25, 0.3) is 0 Å². The predicted molar refractivity (Wildman–Crippen MR) is 87.4 cm³/mol. The molecule has 0 aromatic rings. The zero-order valence-electron chi connectivity index (χ0n) is 14.4. The Morgan fingerprint density at radius 1 is 1.29 bits per heavy atom. The number of rotatable bonds is 8. The van der Waals surface area contributed by atoms with E-state index in [-0.39, 0.29) is 12.0 Å². The molecule has 124 valence electrons. The minimum atomic E-state index is -0.175. The van der Waals surface area contributed by atoms with Crippen molar-refractivity contribution in [2.45, 2.75) is 84.3 Å². The smallest absolute Gasteiger partial charge is 0.323 e. The molecule has 0 amide bonds. The first-order valence-electron chi connectivity index (χ1n) is 8.75. The Bertz CT molecular complexity index is 295. The molecule has 0 bridgehead atoms. The van der Waals surface area contributed by atoms with Crippen molar-refractivity contribution in [3.05, 3.63) is 0 Å². The number of ether oxygens (including phenoxy) is 1. The highest BCUT2D eigenvalue weighted by Crippen LogP contribution is 2.19. The molecule has 0 spiro atoms. The van der Waals surface area contributed by atoms with Gasteiger partial charge in [0.25, 0.3) is 0 Å². The molecule has 0 aromatic heterocycles. The quantitative estimate of drug-likeness (QED) is 0.700. The van der Waals surface area contributed by atoms with Gasteiger partial charge in [-0.3, -0.25) is 4.79 Å². The van der Waals surface area contributed by atoms with Crippen LogP contribution >= 0.6 is 0 Å². The van der Waals surface area contributed by atoms with E-state index in [1.54, 1.807) is 0 Å². The molecule has 1 saturated heterocycles. The Morgan fingerprint density at radius 3 is 2.67 bits per heavy atom. The van der Waals surface area contributed by atoms with Gasteiger partial charge in [0.2, 0.25) is 0 Å². The standard InChI is InChI=1S/C17H34N2O2/c1-5-15-10-8-7-9-12-19(15)13-11-16(18-14(3)4)17(20)21-6-2/h14-16,18H,5-13H2,1-4H3. The normalized spacial score (nSPS) is 22.0. The Hall–Kier alpha value is -0.610. The first-order chi connectivity index (χ1) is 10.1. The average molecular weight is 298 g/mol. The third-order valence-electron chi connectivity index (χ3n) is 4.28. The van der Waals surface area contributed by atoms with E-state index in [4.69, 9.17) is 4.74 Å². The van der Waals surface area contributed by atoms with E-state index in [1.165, 1.54) is 38.6 Å². The summed E-state index contributed by atoms with van der Waals surface area (Å²) in [6, 6.07) is 0.811. The SMILES string of the molecule is CCOC(=O)C(CCN1CCCCCC1CC)NC(C)C. The van der Waals surface area contributed by atoms with E-state index in [2.05, 4.69) is 31.0 Å². The van der Waals surface area contributed by atoms with Crippen molar-refractivity contribution in [3.8, 4) is 0 Å². The third kappa shape index (κ3) is 6.79. The van der Waals surface area contributed by atoms with E-state index in [0.29, 0.717) is 18.7 Å². The zero-order chi connectivity index (χ0) is 15.7. The summed E-state index contributed by atoms with van der Waals surface area (Å²) in [4.78, 5) is 14.7. The zero-order valence-corrected chi connectivity index (χ0v) is 14.4. The number of esters is 1. The lowest BCUT2D eigenvalue weighted by Crippen LogP contribution is -2.45. The summed E-state index contributed by atoms with van der Waals surface area (Å²) >= 11 is 0. The van der Waals surface area contributed by atoms with Crippen molar-refractivity contribution < 1.29 is 9.53 Å². The molecule has 0 aliphatic carbocycles. The van der Waals surface area contributed by atoms with Crippen molar-refractivity contribution in [2.75, 3.05) is 19.7 Å². The molecule has 0 radical (unpaired) electrons. The highest BCUT2D eigenvalue weighted by molar-refractivity contribution is 5.75. The summed E-state index contributed by atoms with van der Waals surface area (Å²) in [6.45, 7) is 10.9. The molecule has 0 saturated carbocycles. The average Bonchev–Trinajstić information content (AvgIpc) is 2.68. The lowest BCUT2D eigenvalue weighted by Gasteiger charge is -2.30. The first-order valence-corrected chi connectivity index (χ1v) is 8.75. The Balaban J connectivity index is 2.54. The maximum absolute atomic E-state index is 12.1. The fraction of sp³-hybridized carbons (Fsp3) is 0.941. The van der Waals surface area contributed by atoms with Crippen LogP contribution < -0.4 is 5.32 Å². The largest absolute Gasteiger partial charge is 0.465 e. The van der Waals surface area contributed by atoms with Crippen LogP contribution in [0.3, 0.4) is 0 Å². The maximum atomic E-state index is 12.1. The number of carbonyl (C=O) groups excluding carboxylic acids is 1. The Labute approximate surface area is 130 Å². The molecule has 2 unspecified atom stereocenters. The van der Waals surface area contributed by atoms with Crippen LogP contribution in [0, 0.1) is 0 Å². The van der Waals surface area contributed by atoms with Crippen LogP contribution in [0.15, 0.2) is 0 Å². The predicted octanol–water partition coefficient (Wildman–Crippen LogP) is 2.96. The van der Waals surface area contributed by atoms with E-state index in [0.717, 1.165) is 13.0 Å². The molecule has 1 aliphatic heterocycles. The maximum Gasteiger partial charge on any atom is 0.323 e. The van der Waals surface area contributed by atoms with Gasteiger partial charge >= 0.3 is 5.97 Å². The van der Waals surface area contributed by atoms with E-state index in [1.807, 2.05) is 6.92 Å². The fourth-order valence-electron chi connectivity index (χ4n) is 3.20. The molecule has 0 aromatic carbocycles. The van der Waals surface area contributed by atoms with Crippen molar-refractivity contribution in [3.63, 3.8) is 0 Å². The topological polar surface area (TPSA) is 41.6 Å². The summed E-state index contributed by atoms with van der Waals surface area (Å²) in [5.74, 6) is -0.103. The second-order valence-corrected chi connectivity index (χ2v) is 6.36. The highest BCUT2D eigenvalue weighted by atomic mass is 16.5. The second-order valence-electron chi connectivity index (χ2n) is 6.36. The first kappa shape index (κ1) is 18.4. The molecule has 1 heterocycles. The number of nitrogens with zero attached hydrogens (tertiary/aromatic N) is 1. The number of hydrogen-bond acceptors (Lipinski definition) is 4. The van der Waals surface area contributed by atoms with Crippen LogP contribution in [-0.2, 0) is 9.53 Å². The minimum Gasteiger partial charge on any atom is -0.465 e. The van der Waals surface area contributed by atoms with E-state index in [9.17, 15) is 4.79 Å². The fourth-order valence-corrected chi connectivity index (χ4v) is 3.20. The molecule has 2 atom stereocenters. The van der Waals surface area contributed by atoms with Gasteiger partial charge < -0.3 is 15.0 Å². The van der Waals surface area contributed by atoms with Crippen molar-refractivity contribution in [1.82, 2.24) is 10.2 Å².